The highest BCUT2D eigenvalue weighted by molar-refractivity contribution is 9.10. The molecule has 0 heterocycles. The smallest absolute Gasteiger partial charge is 0.357 e. The Balaban J connectivity index is 2.94. The molecule has 0 aromatic heterocycles. The Bertz CT molecular complexity index is 500. The Labute approximate surface area is 117 Å². The summed E-state index contributed by atoms with van der Waals surface area (Å²) in [7, 11) is 1.27. The lowest BCUT2D eigenvalue weighted by Gasteiger charge is -2.15. The third kappa shape index (κ3) is 4.66. The lowest BCUT2D eigenvalue weighted by molar-refractivity contribution is -0.135. The normalized spacial score (nSPS) is 11.9. The van der Waals surface area contributed by atoms with Crippen LogP contribution in [0.25, 0.3) is 0 Å². The minimum absolute atomic E-state index is 0.338. The van der Waals surface area contributed by atoms with Gasteiger partial charge in [0.2, 0.25) is 0 Å². The maximum Gasteiger partial charge on any atom is 0.405 e. The van der Waals surface area contributed by atoms with Crippen molar-refractivity contribution in [2.24, 2.45) is 4.99 Å². The van der Waals surface area contributed by atoms with Crippen LogP contribution in [0.3, 0.4) is 0 Å². The number of benzene rings is 1. The minimum Gasteiger partial charge on any atom is -0.357 e. The first kappa shape index (κ1) is 15.7. The molecule has 0 saturated carbocycles. The van der Waals surface area contributed by atoms with E-state index in [2.05, 4.69) is 20.9 Å². The van der Waals surface area contributed by atoms with E-state index >= 15 is 0 Å². The number of carbonyl (C=O) groups excluding carboxylic acids is 1. The van der Waals surface area contributed by atoms with Crippen LogP contribution in [0.5, 0.6) is 0 Å². The summed E-state index contributed by atoms with van der Waals surface area (Å²) in [5.74, 6) is 0. The summed E-state index contributed by atoms with van der Waals surface area (Å²) in [5, 5.41) is 0. The first-order valence-electron chi connectivity index (χ1n) is 5.30. The summed E-state index contributed by atoms with van der Waals surface area (Å²) in [6.07, 6.45) is -2.59. The maximum absolute atomic E-state index is 12.1. The molecule has 104 valence electrons. The molecular weight excluding hydrogens is 325 g/mol. The highest BCUT2D eigenvalue weighted by atomic mass is 79.9. The first-order valence-corrected chi connectivity index (χ1v) is 6.09. The summed E-state index contributed by atoms with van der Waals surface area (Å²) in [4.78, 5) is 15.8. The van der Waals surface area contributed by atoms with Crippen molar-refractivity contribution >= 4 is 34.2 Å². The molecule has 0 radical (unpaired) electrons. The molecule has 3 nitrogen and oxygen atoms in total. The molecule has 0 saturated heterocycles. The van der Waals surface area contributed by atoms with Crippen molar-refractivity contribution in [1.82, 2.24) is 4.90 Å². The van der Waals surface area contributed by atoms with Crippen molar-refractivity contribution in [2.45, 2.75) is 13.1 Å². The van der Waals surface area contributed by atoms with E-state index in [1.165, 1.54) is 7.05 Å². The van der Waals surface area contributed by atoms with Crippen molar-refractivity contribution in [2.75, 3.05) is 13.6 Å². The van der Waals surface area contributed by atoms with Gasteiger partial charge in [-0.05, 0) is 24.6 Å². The number of carbonyl (C=O) groups is 1. The van der Waals surface area contributed by atoms with Crippen LogP contribution in [0.1, 0.15) is 15.9 Å². The van der Waals surface area contributed by atoms with Gasteiger partial charge in [-0.2, -0.15) is 13.2 Å². The van der Waals surface area contributed by atoms with Gasteiger partial charge in [-0.25, -0.2) is 4.99 Å². The molecule has 0 N–H and O–H groups in total. The van der Waals surface area contributed by atoms with Gasteiger partial charge in [0, 0.05) is 17.1 Å². The molecule has 0 bridgehead atoms. The van der Waals surface area contributed by atoms with Gasteiger partial charge in [-0.15, -0.1) is 0 Å². The fraction of sp³-hybridized carbons (Fsp3) is 0.333. The van der Waals surface area contributed by atoms with E-state index in [9.17, 15) is 18.0 Å². The Morgan fingerprint density at radius 1 is 1.42 bits per heavy atom. The molecule has 1 aromatic rings. The van der Waals surface area contributed by atoms with Crippen molar-refractivity contribution < 1.29 is 18.0 Å². The lowest BCUT2D eigenvalue weighted by Crippen LogP contribution is -2.29. The lowest BCUT2D eigenvalue weighted by atomic mass is 10.1. The molecule has 7 heteroatoms. The molecular formula is C12H12BrF3N2O. The van der Waals surface area contributed by atoms with E-state index in [1.807, 2.05) is 0 Å². The largest absolute Gasteiger partial charge is 0.405 e. The van der Waals surface area contributed by atoms with Gasteiger partial charge in [0.15, 0.2) is 6.29 Å². The average molecular weight is 337 g/mol. The predicted molar refractivity (Wildman–Crippen MR) is 71.1 cm³/mol. The third-order valence-corrected chi connectivity index (χ3v) is 3.23. The van der Waals surface area contributed by atoms with Gasteiger partial charge < -0.3 is 4.90 Å². The van der Waals surface area contributed by atoms with Crippen LogP contribution in [0, 0.1) is 6.92 Å². The van der Waals surface area contributed by atoms with Crippen LogP contribution in [0.4, 0.5) is 18.9 Å². The predicted octanol–water partition coefficient (Wildman–Crippen LogP) is 3.72. The second-order valence-electron chi connectivity index (χ2n) is 4.00. The monoisotopic (exact) mass is 336 g/mol. The molecule has 0 unspecified atom stereocenters. The molecule has 0 spiro atoms. The van der Waals surface area contributed by atoms with Crippen LogP contribution in [0.15, 0.2) is 21.6 Å². The van der Waals surface area contributed by atoms with Crippen LogP contribution in [-0.4, -0.2) is 37.3 Å². The molecule has 0 aliphatic heterocycles. The first-order chi connectivity index (χ1) is 8.74. The van der Waals surface area contributed by atoms with E-state index in [0.29, 0.717) is 23.1 Å². The van der Waals surface area contributed by atoms with E-state index in [4.69, 9.17) is 0 Å². The SMILES string of the molecule is Cc1c(Br)ccc(/N=C\N(C)CC(F)(F)F)c1C=O. The molecule has 19 heavy (non-hydrogen) atoms. The van der Waals surface area contributed by atoms with E-state index in [-0.39, 0.29) is 0 Å². The molecule has 0 amide bonds. The van der Waals surface area contributed by atoms with Gasteiger partial charge in [-0.1, -0.05) is 15.9 Å². The van der Waals surface area contributed by atoms with Crippen molar-refractivity contribution in [1.29, 1.82) is 0 Å². The molecule has 0 fully saturated rings. The zero-order valence-electron chi connectivity index (χ0n) is 10.3. The Morgan fingerprint density at radius 2 is 2.05 bits per heavy atom. The van der Waals surface area contributed by atoms with Crippen LogP contribution < -0.4 is 0 Å². The van der Waals surface area contributed by atoms with Gasteiger partial charge in [0.05, 0.1) is 12.0 Å². The molecule has 1 rings (SSSR count). The highest BCUT2D eigenvalue weighted by Gasteiger charge is 2.28. The number of hydrogen-bond acceptors (Lipinski definition) is 2. The zero-order valence-corrected chi connectivity index (χ0v) is 11.9. The summed E-state index contributed by atoms with van der Waals surface area (Å²) < 4.78 is 37.1. The van der Waals surface area contributed by atoms with Crippen molar-refractivity contribution in [3.63, 3.8) is 0 Å². The van der Waals surface area contributed by atoms with Gasteiger partial charge in [0.1, 0.15) is 6.54 Å². The Hall–Kier alpha value is -1.37. The second kappa shape index (κ2) is 6.18. The quantitative estimate of drug-likeness (QED) is 0.477. The number of aliphatic imine (C=N–C) groups is 1. The van der Waals surface area contributed by atoms with Crippen molar-refractivity contribution in [3.05, 3.63) is 27.7 Å². The van der Waals surface area contributed by atoms with Gasteiger partial charge >= 0.3 is 6.18 Å². The fourth-order valence-corrected chi connectivity index (χ4v) is 1.78. The zero-order chi connectivity index (χ0) is 14.6. The number of hydrogen-bond donors (Lipinski definition) is 0. The molecule has 0 aliphatic carbocycles. The molecule has 1 aromatic carbocycles. The summed E-state index contributed by atoms with van der Waals surface area (Å²) in [5.41, 5.74) is 1.39. The number of halogens is 4. The van der Waals surface area contributed by atoms with E-state index in [0.717, 1.165) is 15.7 Å². The highest BCUT2D eigenvalue weighted by Crippen LogP contribution is 2.27. The average Bonchev–Trinajstić information content (AvgIpc) is 2.28. The number of nitrogens with zero attached hydrogens (tertiary/aromatic N) is 2. The number of aldehydes is 1. The number of rotatable bonds is 4. The van der Waals surface area contributed by atoms with Crippen LogP contribution in [0.2, 0.25) is 0 Å². The number of alkyl halides is 3. The van der Waals surface area contributed by atoms with Crippen LogP contribution >= 0.6 is 15.9 Å². The second-order valence-corrected chi connectivity index (χ2v) is 4.85. The minimum atomic E-state index is -4.29. The van der Waals surface area contributed by atoms with Crippen molar-refractivity contribution in [3.8, 4) is 0 Å². The van der Waals surface area contributed by atoms with Gasteiger partial charge in [0.25, 0.3) is 0 Å². The molecule has 0 aliphatic rings. The molecule has 0 atom stereocenters. The standard InChI is InChI=1S/C12H12BrF3N2O/c1-8-9(5-19)11(4-3-10(8)13)17-7-18(2)6-12(14,15)16/h3-5,7H,6H2,1-2H3/b17-7-. The summed E-state index contributed by atoms with van der Waals surface area (Å²) in [6.45, 7) is 0.634. The topological polar surface area (TPSA) is 32.7 Å². The van der Waals surface area contributed by atoms with Crippen LogP contribution in [-0.2, 0) is 0 Å². The van der Waals surface area contributed by atoms with E-state index in [1.54, 1.807) is 19.1 Å². The maximum atomic E-state index is 12.1. The Morgan fingerprint density at radius 3 is 2.58 bits per heavy atom. The summed E-state index contributed by atoms with van der Waals surface area (Å²) in [6, 6.07) is 3.26. The fourth-order valence-electron chi connectivity index (χ4n) is 1.43. The Kier molecular flexibility index (Phi) is 5.11. The third-order valence-electron chi connectivity index (χ3n) is 2.37. The summed E-state index contributed by atoms with van der Waals surface area (Å²) >= 11 is 3.27. The van der Waals surface area contributed by atoms with E-state index < -0.39 is 12.7 Å². The van der Waals surface area contributed by atoms with Gasteiger partial charge in [-0.3, -0.25) is 4.79 Å².